The van der Waals surface area contributed by atoms with Gasteiger partial charge in [-0.05, 0) is 20.0 Å². The van der Waals surface area contributed by atoms with Gasteiger partial charge in [-0.2, -0.15) is 0 Å². The largest absolute Gasteiger partial charge is 0.326 e. The van der Waals surface area contributed by atoms with Crippen LogP contribution in [0.3, 0.4) is 0 Å². The van der Waals surface area contributed by atoms with Crippen LogP contribution in [0.4, 0.5) is 0 Å². The lowest BCUT2D eigenvalue weighted by Gasteiger charge is -2.00. The summed E-state index contributed by atoms with van der Waals surface area (Å²) < 4.78 is 17.5. The van der Waals surface area contributed by atoms with Gasteiger partial charge in [0, 0.05) is 0 Å². The van der Waals surface area contributed by atoms with Crippen molar-refractivity contribution in [2.75, 3.05) is 13.6 Å². The number of hydrogen-bond donors (Lipinski definition) is 5. The van der Waals surface area contributed by atoms with E-state index in [1.807, 2.05) is 7.05 Å². The third-order valence-electron chi connectivity index (χ3n) is 2.28. The summed E-state index contributed by atoms with van der Waals surface area (Å²) in [6.45, 7) is 3.46. The van der Waals surface area contributed by atoms with Crippen molar-refractivity contribution in [2.45, 2.75) is 58.3 Å². The third-order valence-corrected chi connectivity index (χ3v) is 2.28. The SMILES string of the molecule is CCCCCCCCCCNC.O=[PH](O)O.O=[PH](O)O. The Balaban J connectivity index is -0.000000297. The second-order valence-electron chi connectivity index (χ2n) is 4.14. The van der Waals surface area contributed by atoms with Crippen LogP contribution in [0, 0.1) is 0 Å². The van der Waals surface area contributed by atoms with E-state index >= 15 is 0 Å². The van der Waals surface area contributed by atoms with E-state index in [2.05, 4.69) is 12.2 Å². The van der Waals surface area contributed by atoms with Crippen molar-refractivity contribution in [3.63, 3.8) is 0 Å². The summed E-state index contributed by atoms with van der Waals surface area (Å²) in [4.78, 5) is 28.6. The van der Waals surface area contributed by atoms with Crippen molar-refractivity contribution in [3.05, 3.63) is 0 Å². The fraction of sp³-hybridized carbons (Fsp3) is 1.00. The van der Waals surface area contributed by atoms with Gasteiger partial charge in [0.25, 0.3) is 0 Å². The van der Waals surface area contributed by atoms with Gasteiger partial charge in [0.15, 0.2) is 0 Å². The Bertz CT molecular complexity index is 189. The van der Waals surface area contributed by atoms with Gasteiger partial charge >= 0.3 is 16.5 Å². The summed E-state index contributed by atoms with van der Waals surface area (Å²) in [5, 5.41) is 3.18. The standard InChI is InChI=1S/C11H25N.2H3O3P/c1-3-4-5-6-7-8-9-10-11-12-2;2*1-4(2)3/h12H,3-11H2,1-2H3;2*4H,(H2,1,2,3). The van der Waals surface area contributed by atoms with Crippen LogP contribution >= 0.6 is 16.5 Å². The lowest BCUT2D eigenvalue weighted by molar-refractivity contribution is 0.403. The zero-order valence-electron chi connectivity index (χ0n) is 12.5. The molecule has 9 heteroatoms. The molecule has 0 aromatic rings. The Morgan fingerprint density at radius 1 is 0.750 bits per heavy atom. The van der Waals surface area contributed by atoms with Crippen LogP contribution in [-0.4, -0.2) is 33.2 Å². The molecule has 0 radical (unpaired) electrons. The predicted molar refractivity (Wildman–Crippen MR) is 83.4 cm³/mol. The molecule has 0 spiro atoms. The van der Waals surface area contributed by atoms with E-state index in [1.54, 1.807) is 0 Å². The van der Waals surface area contributed by atoms with E-state index in [9.17, 15) is 0 Å². The predicted octanol–water partition coefficient (Wildman–Crippen LogP) is 2.07. The molecule has 0 amide bonds. The zero-order chi connectivity index (χ0) is 16.2. The second kappa shape index (κ2) is 24.3. The van der Waals surface area contributed by atoms with E-state index in [4.69, 9.17) is 28.7 Å². The minimum atomic E-state index is -3.13. The first-order valence-corrected chi connectivity index (χ1v) is 9.47. The summed E-state index contributed by atoms with van der Waals surface area (Å²) >= 11 is 0. The fourth-order valence-corrected chi connectivity index (χ4v) is 1.44. The van der Waals surface area contributed by atoms with Crippen LogP contribution in [0.1, 0.15) is 58.3 Å². The van der Waals surface area contributed by atoms with Crippen molar-refractivity contribution in [2.24, 2.45) is 0 Å². The molecule has 20 heavy (non-hydrogen) atoms. The van der Waals surface area contributed by atoms with Crippen LogP contribution in [0.2, 0.25) is 0 Å². The van der Waals surface area contributed by atoms with E-state index < -0.39 is 16.5 Å². The highest BCUT2D eigenvalue weighted by molar-refractivity contribution is 7.31. The van der Waals surface area contributed by atoms with Crippen molar-refractivity contribution in [1.82, 2.24) is 5.32 Å². The van der Waals surface area contributed by atoms with Gasteiger partial charge < -0.3 is 24.9 Å². The molecule has 5 N–H and O–H groups in total. The molecular weight excluding hydrogens is 304 g/mol. The summed E-state index contributed by atoms with van der Waals surface area (Å²) in [5.74, 6) is 0. The summed E-state index contributed by atoms with van der Waals surface area (Å²) in [6.07, 6.45) is 11.3. The zero-order valence-corrected chi connectivity index (χ0v) is 14.5. The highest BCUT2D eigenvalue weighted by Gasteiger charge is 1.89. The van der Waals surface area contributed by atoms with Gasteiger partial charge in [-0.25, -0.2) is 0 Å². The molecule has 0 unspecified atom stereocenters. The highest BCUT2D eigenvalue weighted by Crippen LogP contribution is 2.07. The quantitative estimate of drug-likeness (QED) is 0.322. The van der Waals surface area contributed by atoms with E-state index in [0.29, 0.717) is 0 Å². The van der Waals surface area contributed by atoms with E-state index in [-0.39, 0.29) is 0 Å². The van der Waals surface area contributed by atoms with E-state index in [0.717, 1.165) is 0 Å². The van der Waals surface area contributed by atoms with Gasteiger partial charge in [0.2, 0.25) is 0 Å². The average Bonchev–Trinajstić information content (AvgIpc) is 2.31. The minimum Gasteiger partial charge on any atom is -0.326 e. The van der Waals surface area contributed by atoms with Crippen molar-refractivity contribution < 1.29 is 28.7 Å². The lowest BCUT2D eigenvalue weighted by atomic mass is 10.1. The van der Waals surface area contributed by atoms with Crippen LogP contribution in [0.25, 0.3) is 0 Å². The van der Waals surface area contributed by atoms with Crippen LogP contribution < -0.4 is 5.32 Å². The molecule has 0 aliphatic rings. The maximum absolute atomic E-state index is 8.74. The Labute approximate surface area is 123 Å². The molecule has 0 aromatic carbocycles. The van der Waals surface area contributed by atoms with Crippen molar-refractivity contribution in [3.8, 4) is 0 Å². The smallest absolute Gasteiger partial charge is 0.314 e. The second-order valence-corrected chi connectivity index (χ2v) is 5.27. The molecule has 126 valence electrons. The average molecular weight is 335 g/mol. The first-order valence-electron chi connectivity index (χ1n) is 6.86. The number of hydrogen-bond acceptors (Lipinski definition) is 3. The Hall–Kier alpha value is 0.260. The van der Waals surface area contributed by atoms with Gasteiger partial charge in [0.1, 0.15) is 0 Å². The van der Waals surface area contributed by atoms with Crippen molar-refractivity contribution in [1.29, 1.82) is 0 Å². The van der Waals surface area contributed by atoms with Gasteiger partial charge in [-0.15, -0.1) is 0 Å². The summed E-state index contributed by atoms with van der Waals surface area (Å²) in [7, 11) is -4.23. The maximum atomic E-state index is 8.74. The summed E-state index contributed by atoms with van der Waals surface area (Å²) in [6, 6.07) is 0. The highest BCUT2D eigenvalue weighted by atomic mass is 31.1. The molecular formula is C11H31NO6P2. The molecule has 0 saturated heterocycles. The number of nitrogens with one attached hydrogen (secondary N) is 1. The molecule has 7 nitrogen and oxygen atoms in total. The number of rotatable bonds is 9. The monoisotopic (exact) mass is 335 g/mol. The minimum absolute atomic E-state index is 1.19. The molecule has 0 bridgehead atoms. The summed E-state index contributed by atoms with van der Waals surface area (Å²) in [5.41, 5.74) is 0. The topological polar surface area (TPSA) is 127 Å². The van der Waals surface area contributed by atoms with Gasteiger partial charge in [-0.3, -0.25) is 9.13 Å². The van der Waals surface area contributed by atoms with Gasteiger partial charge in [-0.1, -0.05) is 51.9 Å². The van der Waals surface area contributed by atoms with Crippen LogP contribution in [-0.2, 0) is 9.13 Å². The Kier molecular flexibility index (Phi) is 30.6. The molecule has 0 aliphatic carbocycles. The molecule has 0 heterocycles. The van der Waals surface area contributed by atoms with Crippen LogP contribution in [0.15, 0.2) is 0 Å². The first kappa shape index (κ1) is 25.2. The molecule has 0 rings (SSSR count). The molecule has 0 fully saturated rings. The van der Waals surface area contributed by atoms with E-state index in [1.165, 1.54) is 57.9 Å². The molecule has 0 aromatic heterocycles. The maximum Gasteiger partial charge on any atom is 0.314 e. The first-order chi connectivity index (χ1) is 9.38. The molecule has 0 aliphatic heterocycles. The fourth-order valence-electron chi connectivity index (χ4n) is 1.44. The lowest BCUT2D eigenvalue weighted by Crippen LogP contribution is -2.06. The molecule has 0 saturated carbocycles. The number of unbranched alkanes of at least 4 members (excludes halogenated alkanes) is 7. The van der Waals surface area contributed by atoms with Crippen LogP contribution in [0.5, 0.6) is 0 Å². The Morgan fingerprint density at radius 2 is 1.05 bits per heavy atom. The normalized spacial score (nSPS) is 9.80. The van der Waals surface area contributed by atoms with Gasteiger partial charge in [0.05, 0.1) is 0 Å². The third kappa shape index (κ3) is 63.4. The van der Waals surface area contributed by atoms with Crippen molar-refractivity contribution >= 4 is 16.5 Å². The Morgan fingerprint density at radius 3 is 1.35 bits per heavy atom. The molecule has 0 atom stereocenters.